The van der Waals surface area contributed by atoms with Gasteiger partial charge in [0.15, 0.2) is 0 Å². The van der Waals surface area contributed by atoms with Gasteiger partial charge in [-0.15, -0.1) is 0 Å². The lowest BCUT2D eigenvalue weighted by Crippen LogP contribution is -2.26. The molecular formula is C11H17NO2. The second-order valence-corrected chi connectivity index (χ2v) is 3.55. The molecule has 0 aliphatic carbocycles. The van der Waals surface area contributed by atoms with E-state index in [9.17, 15) is 0 Å². The summed E-state index contributed by atoms with van der Waals surface area (Å²) in [6.07, 6.45) is -0.171. The minimum absolute atomic E-state index is 0.0253. The van der Waals surface area contributed by atoms with Crippen molar-refractivity contribution in [2.45, 2.75) is 20.0 Å². The monoisotopic (exact) mass is 195 g/mol. The van der Waals surface area contributed by atoms with Gasteiger partial charge in [-0.2, -0.15) is 0 Å². The summed E-state index contributed by atoms with van der Waals surface area (Å²) < 4.78 is 0. The largest absolute Gasteiger partial charge is 0.394 e. The van der Waals surface area contributed by atoms with E-state index in [0.29, 0.717) is 0 Å². The number of rotatable bonds is 5. The van der Waals surface area contributed by atoms with Crippen LogP contribution in [0, 0.1) is 5.92 Å². The molecule has 1 rings (SSSR count). The fourth-order valence-corrected chi connectivity index (χ4v) is 1.03. The Bertz CT molecular complexity index is 249. The van der Waals surface area contributed by atoms with Crippen LogP contribution in [-0.4, -0.2) is 17.8 Å². The van der Waals surface area contributed by atoms with Crippen LogP contribution in [0.25, 0.3) is 0 Å². The van der Waals surface area contributed by atoms with E-state index in [2.05, 4.69) is 5.48 Å². The van der Waals surface area contributed by atoms with Gasteiger partial charge in [-0.3, -0.25) is 10.3 Å². The van der Waals surface area contributed by atoms with Gasteiger partial charge in [0, 0.05) is 0 Å². The summed E-state index contributed by atoms with van der Waals surface area (Å²) in [5.41, 5.74) is 3.71. The Morgan fingerprint density at radius 1 is 1.29 bits per heavy atom. The summed E-state index contributed by atoms with van der Waals surface area (Å²) in [6.45, 7) is 4.04. The number of aliphatic hydroxyl groups is 1. The number of nitrogens with one attached hydrogen (secondary N) is 1. The zero-order chi connectivity index (χ0) is 10.4. The van der Waals surface area contributed by atoms with Gasteiger partial charge in [0.25, 0.3) is 0 Å². The summed E-state index contributed by atoms with van der Waals surface area (Å²) in [4.78, 5) is 5.34. The maximum absolute atomic E-state index is 9.01. The van der Waals surface area contributed by atoms with Crippen molar-refractivity contribution in [3.63, 3.8) is 0 Å². The zero-order valence-electron chi connectivity index (χ0n) is 8.60. The lowest BCUT2D eigenvalue weighted by Gasteiger charge is -2.19. The highest BCUT2D eigenvalue weighted by Crippen LogP contribution is 2.09. The van der Waals surface area contributed by atoms with E-state index in [1.165, 1.54) is 0 Å². The quantitative estimate of drug-likeness (QED) is 0.706. The van der Waals surface area contributed by atoms with E-state index < -0.39 is 0 Å². The van der Waals surface area contributed by atoms with Crippen LogP contribution in [0.15, 0.2) is 30.3 Å². The Labute approximate surface area is 84.7 Å². The molecule has 0 heterocycles. The van der Waals surface area contributed by atoms with Crippen molar-refractivity contribution in [2.75, 3.05) is 12.1 Å². The molecular weight excluding hydrogens is 178 g/mol. The van der Waals surface area contributed by atoms with Gasteiger partial charge in [0.1, 0.15) is 6.10 Å². The molecule has 14 heavy (non-hydrogen) atoms. The third kappa shape index (κ3) is 3.36. The first kappa shape index (κ1) is 11.0. The normalized spacial score (nSPS) is 12.9. The minimum Gasteiger partial charge on any atom is -0.394 e. The average Bonchev–Trinajstić information content (AvgIpc) is 2.20. The van der Waals surface area contributed by atoms with Crippen LogP contribution < -0.4 is 5.48 Å². The molecule has 3 nitrogen and oxygen atoms in total. The van der Waals surface area contributed by atoms with Crippen LogP contribution in [0.5, 0.6) is 0 Å². The van der Waals surface area contributed by atoms with E-state index in [4.69, 9.17) is 9.94 Å². The summed E-state index contributed by atoms with van der Waals surface area (Å²) in [5.74, 6) is 0.288. The Kier molecular flexibility index (Phi) is 4.43. The first-order valence-electron chi connectivity index (χ1n) is 4.81. The zero-order valence-corrected chi connectivity index (χ0v) is 8.60. The second kappa shape index (κ2) is 5.62. The van der Waals surface area contributed by atoms with E-state index in [0.717, 1.165) is 5.69 Å². The minimum atomic E-state index is -0.171. The molecule has 0 unspecified atom stereocenters. The summed E-state index contributed by atoms with van der Waals surface area (Å²) >= 11 is 0. The summed E-state index contributed by atoms with van der Waals surface area (Å²) in [7, 11) is 0. The number of anilines is 1. The lowest BCUT2D eigenvalue weighted by atomic mass is 10.1. The van der Waals surface area contributed by atoms with Gasteiger partial charge >= 0.3 is 0 Å². The van der Waals surface area contributed by atoms with E-state index in [1.54, 1.807) is 0 Å². The molecule has 78 valence electrons. The predicted molar refractivity (Wildman–Crippen MR) is 56.9 cm³/mol. The fourth-order valence-electron chi connectivity index (χ4n) is 1.03. The molecule has 0 aliphatic rings. The molecule has 0 aromatic heterocycles. The van der Waals surface area contributed by atoms with E-state index in [1.807, 2.05) is 44.2 Å². The molecule has 0 aliphatic heterocycles. The van der Waals surface area contributed by atoms with Gasteiger partial charge in [-0.25, -0.2) is 0 Å². The van der Waals surface area contributed by atoms with Gasteiger partial charge in [-0.05, 0) is 18.1 Å². The van der Waals surface area contributed by atoms with Crippen LogP contribution >= 0.6 is 0 Å². The molecule has 0 saturated heterocycles. The summed E-state index contributed by atoms with van der Waals surface area (Å²) in [5, 5.41) is 9.01. The van der Waals surface area contributed by atoms with Gasteiger partial charge in [-0.1, -0.05) is 32.0 Å². The van der Waals surface area contributed by atoms with E-state index in [-0.39, 0.29) is 18.6 Å². The van der Waals surface area contributed by atoms with Gasteiger partial charge < -0.3 is 5.11 Å². The molecule has 1 atom stereocenters. The number of benzene rings is 1. The molecule has 0 spiro atoms. The topological polar surface area (TPSA) is 41.5 Å². The molecule has 0 fully saturated rings. The average molecular weight is 195 g/mol. The van der Waals surface area contributed by atoms with Crippen molar-refractivity contribution < 1.29 is 9.94 Å². The van der Waals surface area contributed by atoms with Crippen LogP contribution in [0.2, 0.25) is 0 Å². The van der Waals surface area contributed by atoms with Crippen molar-refractivity contribution >= 4 is 5.69 Å². The third-order valence-corrected chi connectivity index (χ3v) is 2.03. The summed E-state index contributed by atoms with van der Waals surface area (Å²) in [6, 6.07) is 9.62. The van der Waals surface area contributed by atoms with Crippen molar-refractivity contribution in [1.82, 2.24) is 0 Å². The Morgan fingerprint density at radius 3 is 2.43 bits per heavy atom. The fraction of sp³-hybridized carbons (Fsp3) is 0.455. The van der Waals surface area contributed by atoms with Gasteiger partial charge in [0.05, 0.1) is 12.3 Å². The van der Waals surface area contributed by atoms with Crippen molar-refractivity contribution in [1.29, 1.82) is 0 Å². The first-order chi connectivity index (χ1) is 6.74. The van der Waals surface area contributed by atoms with E-state index >= 15 is 0 Å². The first-order valence-corrected chi connectivity index (χ1v) is 4.81. The maximum atomic E-state index is 9.01. The standard InChI is InChI=1S/C11H17NO2/c1-9(2)11(8-13)14-12-10-6-4-3-5-7-10/h3-7,9,11-13H,8H2,1-2H3/t11-/m0/s1. The SMILES string of the molecule is CC(C)[C@H](CO)ONc1ccccc1. The van der Waals surface area contributed by atoms with Crippen LogP contribution in [0.3, 0.4) is 0 Å². The van der Waals surface area contributed by atoms with Crippen LogP contribution in [0.4, 0.5) is 5.69 Å². The van der Waals surface area contributed by atoms with Gasteiger partial charge in [0.2, 0.25) is 0 Å². The third-order valence-electron chi connectivity index (χ3n) is 2.03. The number of hydrogen-bond donors (Lipinski definition) is 2. The molecule has 3 heteroatoms. The number of hydrogen-bond acceptors (Lipinski definition) is 3. The highest BCUT2D eigenvalue weighted by molar-refractivity contribution is 5.40. The maximum Gasteiger partial charge on any atom is 0.111 e. The van der Waals surface area contributed by atoms with Crippen molar-refractivity contribution in [2.24, 2.45) is 5.92 Å². The Hall–Kier alpha value is -1.06. The molecule has 1 aromatic carbocycles. The number of para-hydroxylation sites is 1. The second-order valence-electron chi connectivity index (χ2n) is 3.55. The highest BCUT2D eigenvalue weighted by Gasteiger charge is 2.12. The Balaban J connectivity index is 2.40. The molecule has 0 saturated carbocycles. The Morgan fingerprint density at radius 2 is 1.93 bits per heavy atom. The molecule has 0 bridgehead atoms. The van der Waals surface area contributed by atoms with Crippen LogP contribution in [0.1, 0.15) is 13.8 Å². The van der Waals surface area contributed by atoms with Crippen molar-refractivity contribution in [3.05, 3.63) is 30.3 Å². The lowest BCUT2D eigenvalue weighted by molar-refractivity contribution is 0.0165. The molecule has 2 N–H and O–H groups in total. The molecule has 0 amide bonds. The highest BCUT2D eigenvalue weighted by atomic mass is 16.7. The smallest absolute Gasteiger partial charge is 0.111 e. The van der Waals surface area contributed by atoms with Crippen molar-refractivity contribution in [3.8, 4) is 0 Å². The predicted octanol–water partition coefficient (Wildman–Crippen LogP) is 2.05. The van der Waals surface area contributed by atoms with Crippen LogP contribution in [-0.2, 0) is 4.84 Å². The molecule has 0 radical (unpaired) electrons. The molecule has 1 aromatic rings. The number of aliphatic hydroxyl groups excluding tert-OH is 1.